The van der Waals surface area contributed by atoms with Gasteiger partial charge in [0.1, 0.15) is 0 Å². The largest absolute Gasteiger partial charge is 0.392 e. The number of sulfonamides is 1. The second kappa shape index (κ2) is 6.67. The molecule has 0 aliphatic carbocycles. The molecule has 0 aromatic heterocycles. The number of benzene rings is 1. The maximum atomic E-state index is 12.2. The third-order valence-electron chi connectivity index (χ3n) is 3.36. The number of hydrogen-bond acceptors (Lipinski definition) is 4. The minimum Gasteiger partial charge on any atom is -0.392 e. The average Bonchev–Trinajstić information content (AvgIpc) is 2.37. The first-order valence-corrected chi connectivity index (χ1v) is 8.44. The minimum absolute atomic E-state index is 0.0511. The molecular formula is C14H21NO4S. The zero-order chi connectivity index (χ0) is 14.6. The van der Waals surface area contributed by atoms with E-state index < -0.39 is 10.0 Å². The van der Waals surface area contributed by atoms with Gasteiger partial charge in [-0.2, -0.15) is 0 Å². The Labute approximate surface area is 120 Å². The minimum atomic E-state index is -3.37. The number of aliphatic hydroxyl groups is 1. The van der Waals surface area contributed by atoms with Crippen molar-refractivity contribution in [2.45, 2.75) is 44.3 Å². The Bertz CT molecular complexity index is 544. The predicted molar refractivity (Wildman–Crippen MR) is 76.6 cm³/mol. The summed E-state index contributed by atoms with van der Waals surface area (Å²) in [5.41, 5.74) is 1.40. The molecule has 0 bridgehead atoms. The standard InChI is InChI=1S/C14H21NO4S/c1-11-7-14(5-6-19-11)15-20(17,18)10-13-4-2-3-12(8-13)9-16/h2-4,8,11,14-16H,5-7,9-10H2,1H3. The summed E-state index contributed by atoms with van der Waals surface area (Å²) in [5.74, 6) is -0.0629. The van der Waals surface area contributed by atoms with Crippen LogP contribution in [-0.4, -0.2) is 32.3 Å². The van der Waals surface area contributed by atoms with Crippen molar-refractivity contribution in [1.29, 1.82) is 0 Å². The van der Waals surface area contributed by atoms with Crippen molar-refractivity contribution >= 4 is 10.0 Å². The summed E-state index contributed by atoms with van der Waals surface area (Å²) in [5, 5.41) is 9.07. The molecule has 0 radical (unpaired) electrons. The van der Waals surface area contributed by atoms with Gasteiger partial charge in [0.05, 0.1) is 18.5 Å². The highest BCUT2D eigenvalue weighted by atomic mass is 32.2. The first-order valence-electron chi connectivity index (χ1n) is 6.79. The van der Waals surface area contributed by atoms with Gasteiger partial charge in [-0.05, 0) is 30.9 Å². The first kappa shape index (κ1) is 15.4. The van der Waals surface area contributed by atoms with Gasteiger partial charge < -0.3 is 9.84 Å². The Balaban J connectivity index is 1.99. The van der Waals surface area contributed by atoms with Gasteiger partial charge in [-0.1, -0.05) is 24.3 Å². The van der Waals surface area contributed by atoms with Gasteiger partial charge in [0.25, 0.3) is 0 Å². The highest BCUT2D eigenvalue weighted by Gasteiger charge is 2.24. The van der Waals surface area contributed by atoms with Crippen LogP contribution in [0.1, 0.15) is 30.9 Å². The third-order valence-corrected chi connectivity index (χ3v) is 4.77. The van der Waals surface area contributed by atoms with Crippen molar-refractivity contribution in [1.82, 2.24) is 4.72 Å². The van der Waals surface area contributed by atoms with Crippen LogP contribution in [0.3, 0.4) is 0 Å². The van der Waals surface area contributed by atoms with Crippen LogP contribution in [0.25, 0.3) is 0 Å². The molecule has 1 aliphatic heterocycles. The van der Waals surface area contributed by atoms with Gasteiger partial charge >= 0.3 is 0 Å². The second-order valence-electron chi connectivity index (χ2n) is 5.26. The van der Waals surface area contributed by atoms with E-state index in [4.69, 9.17) is 9.84 Å². The van der Waals surface area contributed by atoms with E-state index in [2.05, 4.69) is 4.72 Å². The Kier molecular flexibility index (Phi) is 5.15. The van der Waals surface area contributed by atoms with Crippen LogP contribution in [0.5, 0.6) is 0 Å². The van der Waals surface area contributed by atoms with Crippen LogP contribution < -0.4 is 4.72 Å². The van der Waals surface area contributed by atoms with Gasteiger partial charge in [-0.3, -0.25) is 0 Å². The molecule has 2 rings (SSSR count). The highest BCUT2D eigenvalue weighted by molar-refractivity contribution is 7.88. The lowest BCUT2D eigenvalue weighted by molar-refractivity contribution is 0.0173. The summed E-state index contributed by atoms with van der Waals surface area (Å²) >= 11 is 0. The molecule has 1 fully saturated rings. The second-order valence-corrected chi connectivity index (χ2v) is 7.01. The van der Waals surface area contributed by atoms with Crippen LogP contribution in [0.4, 0.5) is 0 Å². The molecule has 20 heavy (non-hydrogen) atoms. The number of ether oxygens (including phenoxy) is 1. The first-order chi connectivity index (χ1) is 9.48. The molecule has 5 nitrogen and oxygen atoms in total. The fourth-order valence-electron chi connectivity index (χ4n) is 2.44. The zero-order valence-corrected chi connectivity index (χ0v) is 12.4. The SMILES string of the molecule is CC1CC(NS(=O)(=O)Cc2cccc(CO)c2)CCO1. The molecule has 112 valence electrons. The molecule has 1 saturated heterocycles. The molecule has 2 unspecified atom stereocenters. The Morgan fingerprint density at radius 3 is 2.85 bits per heavy atom. The quantitative estimate of drug-likeness (QED) is 0.855. The van der Waals surface area contributed by atoms with E-state index in [1.807, 2.05) is 6.92 Å². The Hall–Kier alpha value is -0.950. The van der Waals surface area contributed by atoms with Crippen molar-refractivity contribution in [3.8, 4) is 0 Å². The lowest BCUT2D eigenvalue weighted by Gasteiger charge is -2.27. The van der Waals surface area contributed by atoms with E-state index in [0.29, 0.717) is 25.0 Å². The van der Waals surface area contributed by atoms with E-state index in [-0.39, 0.29) is 24.5 Å². The summed E-state index contributed by atoms with van der Waals surface area (Å²) in [4.78, 5) is 0. The maximum Gasteiger partial charge on any atom is 0.216 e. The van der Waals surface area contributed by atoms with Gasteiger partial charge in [-0.15, -0.1) is 0 Å². The molecular weight excluding hydrogens is 278 g/mol. The Morgan fingerprint density at radius 2 is 2.15 bits per heavy atom. The fourth-order valence-corrected chi connectivity index (χ4v) is 3.86. The fraction of sp³-hybridized carbons (Fsp3) is 0.571. The molecule has 1 aromatic rings. The summed E-state index contributed by atoms with van der Waals surface area (Å²) in [6.45, 7) is 2.46. The average molecular weight is 299 g/mol. The molecule has 1 aliphatic rings. The topological polar surface area (TPSA) is 75.6 Å². The smallest absolute Gasteiger partial charge is 0.216 e. The lowest BCUT2D eigenvalue weighted by Crippen LogP contribution is -2.41. The summed E-state index contributed by atoms with van der Waals surface area (Å²) in [6.07, 6.45) is 1.50. The van der Waals surface area contributed by atoms with Crippen molar-refractivity contribution in [2.24, 2.45) is 0 Å². The Morgan fingerprint density at radius 1 is 1.40 bits per heavy atom. The highest BCUT2D eigenvalue weighted by Crippen LogP contribution is 2.15. The molecule has 0 amide bonds. The van der Waals surface area contributed by atoms with E-state index >= 15 is 0 Å². The number of aliphatic hydroxyl groups excluding tert-OH is 1. The van der Waals surface area contributed by atoms with Crippen molar-refractivity contribution in [2.75, 3.05) is 6.61 Å². The van der Waals surface area contributed by atoms with Crippen LogP contribution in [0.2, 0.25) is 0 Å². The zero-order valence-electron chi connectivity index (χ0n) is 11.6. The van der Waals surface area contributed by atoms with E-state index in [1.165, 1.54) is 0 Å². The number of rotatable bonds is 5. The normalized spacial score (nSPS) is 23.7. The van der Waals surface area contributed by atoms with Gasteiger partial charge in [-0.25, -0.2) is 13.1 Å². The van der Waals surface area contributed by atoms with Crippen molar-refractivity contribution < 1.29 is 18.3 Å². The molecule has 6 heteroatoms. The van der Waals surface area contributed by atoms with Gasteiger partial charge in [0, 0.05) is 12.6 Å². The predicted octanol–water partition coefficient (Wildman–Crippen LogP) is 1.17. The van der Waals surface area contributed by atoms with Crippen molar-refractivity contribution in [3.05, 3.63) is 35.4 Å². The van der Waals surface area contributed by atoms with E-state index in [0.717, 1.165) is 5.56 Å². The number of nitrogens with one attached hydrogen (secondary N) is 1. The molecule has 2 N–H and O–H groups in total. The lowest BCUT2D eigenvalue weighted by atomic mass is 10.1. The molecule has 2 atom stereocenters. The van der Waals surface area contributed by atoms with Gasteiger partial charge in [0.2, 0.25) is 10.0 Å². The van der Waals surface area contributed by atoms with Crippen LogP contribution in [0.15, 0.2) is 24.3 Å². The third kappa shape index (κ3) is 4.56. The summed E-state index contributed by atoms with van der Waals surface area (Å²) in [6, 6.07) is 6.94. The summed E-state index contributed by atoms with van der Waals surface area (Å²) < 4.78 is 32.5. The van der Waals surface area contributed by atoms with E-state index in [9.17, 15) is 8.42 Å². The molecule has 0 spiro atoms. The van der Waals surface area contributed by atoms with Gasteiger partial charge in [0.15, 0.2) is 0 Å². The molecule has 1 heterocycles. The monoisotopic (exact) mass is 299 g/mol. The van der Waals surface area contributed by atoms with Crippen molar-refractivity contribution in [3.63, 3.8) is 0 Å². The summed E-state index contributed by atoms with van der Waals surface area (Å²) in [7, 11) is -3.37. The van der Waals surface area contributed by atoms with Crippen LogP contribution >= 0.6 is 0 Å². The van der Waals surface area contributed by atoms with Crippen LogP contribution in [-0.2, 0) is 27.1 Å². The van der Waals surface area contributed by atoms with E-state index in [1.54, 1.807) is 24.3 Å². The van der Waals surface area contributed by atoms with Crippen LogP contribution in [0, 0.1) is 0 Å². The molecule has 0 saturated carbocycles. The molecule has 1 aromatic carbocycles. The number of hydrogen-bond donors (Lipinski definition) is 2. The maximum absolute atomic E-state index is 12.2.